The van der Waals surface area contributed by atoms with Crippen LogP contribution >= 0.6 is 22.9 Å². The number of rotatable bonds is 3. The second-order valence-corrected chi connectivity index (χ2v) is 9.48. The third kappa shape index (κ3) is 2.64. The summed E-state index contributed by atoms with van der Waals surface area (Å²) in [4.78, 5) is 6.04. The molecule has 1 aromatic carbocycles. The maximum atomic E-state index is 14.9. The lowest BCUT2D eigenvalue weighted by Crippen LogP contribution is -2.12. The minimum Gasteiger partial charge on any atom is -0.396 e. The first kappa shape index (κ1) is 17.7. The molecule has 0 amide bonds. The fourth-order valence-corrected chi connectivity index (χ4v) is 6.17. The van der Waals surface area contributed by atoms with Crippen molar-refractivity contribution in [3.8, 4) is 5.00 Å². The van der Waals surface area contributed by atoms with E-state index >= 15 is 0 Å². The van der Waals surface area contributed by atoms with Crippen LogP contribution in [0.5, 0.6) is 0 Å². The van der Waals surface area contributed by atoms with E-state index in [9.17, 15) is 9.50 Å². The molecular weight excluding hydrogens is 411 g/mol. The van der Waals surface area contributed by atoms with Gasteiger partial charge in [0.1, 0.15) is 23.2 Å². The van der Waals surface area contributed by atoms with Gasteiger partial charge in [-0.05, 0) is 49.3 Å². The molecule has 2 aliphatic carbocycles. The molecule has 8 heteroatoms. The number of aliphatic hydroxyl groups is 1. The van der Waals surface area contributed by atoms with Gasteiger partial charge in [0, 0.05) is 23.0 Å². The molecule has 0 saturated heterocycles. The number of hydrogen-bond donors (Lipinski definition) is 1. The van der Waals surface area contributed by atoms with E-state index in [1.807, 2.05) is 0 Å². The van der Waals surface area contributed by atoms with E-state index in [0.29, 0.717) is 28.8 Å². The Hall–Kier alpha value is -2.09. The molecule has 0 spiro atoms. The van der Waals surface area contributed by atoms with Crippen molar-refractivity contribution in [2.75, 3.05) is 6.61 Å². The lowest BCUT2D eigenvalue weighted by molar-refractivity contribution is 0.232. The maximum absolute atomic E-state index is 14.9. The summed E-state index contributed by atoms with van der Waals surface area (Å²) in [6.07, 6.45) is 3.84. The van der Waals surface area contributed by atoms with Crippen LogP contribution in [0.25, 0.3) is 5.00 Å². The molecule has 3 aromatic rings. The van der Waals surface area contributed by atoms with E-state index in [1.54, 1.807) is 23.5 Å². The molecule has 2 aromatic heterocycles. The van der Waals surface area contributed by atoms with Gasteiger partial charge in [0.25, 0.3) is 0 Å². The Bertz CT molecular complexity index is 1160. The van der Waals surface area contributed by atoms with Gasteiger partial charge in [0.05, 0.1) is 16.3 Å². The summed E-state index contributed by atoms with van der Waals surface area (Å²) in [5.74, 6) is 2.03. The minimum atomic E-state index is -0.376. The zero-order chi connectivity index (χ0) is 19.7. The van der Waals surface area contributed by atoms with Crippen LogP contribution in [0.1, 0.15) is 52.0 Å². The van der Waals surface area contributed by atoms with Crippen molar-refractivity contribution in [3.05, 3.63) is 62.3 Å². The molecule has 29 heavy (non-hydrogen) atoms. The molecule has 3 heterocycles. The maximum Gasteiger partial charge on any atom is 0.160 e. The zero-order valence-electron chi connectivity index (χ0n) is 15.5. The fourth-order valence-electron chi connectivity index (χ4n) is 4.45. The first-order valence-electron chi connectivity index (χ1n) is 9.84. The SMILES string of the molecule is OCC1Cc2sc3c(c2C1)C(c1c(F)cccc1Cl)=NCc1nnc(C2CC2)n1-3. The number of benzene rings is 1. The Kier molecular flexibility index (Phi) is 3.95. The number of hydrogen-bond acceptors (Lipinski definition) is 5. The van der Waals surface area contributed by atoms with Gasteiger partial charge in [-0.25, -0.2) is 4.39 Å². The molecule has 1 atom stereocenters. The number of thiophene rings is 1. The summed E-state index contributed by atoms with van der Waals surface area (Å²) < 4.78 is 17.0. The van der Waals surface area contributed by atoms with E-state index in [2.05, 4.69) is 14.8 Å². The van der Waals surface area contributed by atoms with Crippen molar-refractivity contribution >= 4 is 28.6 Å². The van der Waals surface area contributed by atoms with Gasteiger partial charge < -0.3 is 5.11 Å². The average Bonchev–Trinajstić information content (AvgIpc) is 3.24. The summed E-state index contributed by atoms with van der Waals surface area (Å²) in [5, 5.41) is 19.9. The topological polar surface area (TPSA) is 63.3 Å². The summed E-state index contributed by atoms with van der Waals surface area (Å²) in [5.41, 5.74) is 3.03. The van der Waals surface area contributed by atoms with Crippen molar-refractivity contribution in [2.24, 2.45) is 10.9 Å². The second-order valence-electron chi connectivity index (χ2n) is 7.99. The first-order chi connectivity index (χ1) is 14.2. The molecule has 3 aliphatic rings. The van der Waals surface area contributed by atoms with Crippen LogP contribution in [0.15, 0.2) is 23.2 Å². The van der Waals surface area contributed by atoms with E-state index in [-0.39, 0.29) is 18.3 Å². The lowest BCUT2D eigenvalue weighted by Gasteiger charge is -2.13. The van der Waals surface area contributed by atoms with Gasteiger partial charge in [-0.2, -0.15) is 0 Å². The normalized spacial score (nSPS) is 20.1. The average molecular weight is 429 g/mol. The highest BCUT2D eigenvalue weighted by atomic mass is 35.5. The minimum absolute atomic E-state index is 0.147. The van der Waals surface area contributed by atoms with Crippen molar-refractivity contribution in [1.29, 1.82) is 0 Å². The number of nitrogens with zero attached hydrogens (tertiary/aromatic N) is 4. The standard InChI is InChI=1S/C21H18ClFN4OS/c22-13-2-1-3-14(23)18(13)19-17-12-6-10(9-28)7-15(12)29-21(17)27-16(8-24-19)25-26-20(27)11-4-5-11/h1-3,10-11,28H,4-9H2. The van der Waals surface area contributed by atoms with Crippen LogP contribution in [-0.4, -0.2) is 32.2 Å². The van der Waals surface area contributed by atoms with Crippen molar-refractivity contribution in [1.82, 2.24) is 14.8 Å². The van der Waals surface area contributed by atoms with E-state index in [0.717, 1.165) is 53.5 Å². The largest absolute Gasteiger partial charge is 0.396 e. The number of aromatic nitrogens is 3. The molecule has 148 valence electrons. The predicted molar refractivity (Wildman–Crippen MR) is 110 cm³/mol. The van der Waals surface area contributed by atoms with Crippen LogP contribution in [0.4, 0.5) is 4.39 Å². The zero-order valence-corrected chi connectivity index (χ0v) is 17.1. The highest BCUT2D eigenvalue weighted by Crippen LogP contribution is 2.46. The van der Waals surface area contributed by atoms with E-state index in [4.69, 9.17) is 16.6 Å². The molecule has 0 radical (unpaired) electrons. The monoisotopic (exact) mass is 428 g/mol. The van der Waals surface area contributed by atoms with Crippen LogP contribution in [-0.2, 0) is 19.4 Å². The van der Waals surface area contributed by atoms with Crippen LogP contribution in [0, 0.1) is 11.7 Å². The lowest BCUT2D eigenvalue weighted by atomic mass is 9.97. The first-order valence-corrected chi connectivity index (χ1v) is 11.0. The number of aliphatic hydroxyl groups excluding tert-OH is 1. The Morgan fingerprint density at radius 3 is 2.83 bits per heavy atom. The van der Waals surface area contributed by atoms with Crippen LogP contribution in [0.2, 0.25) is 5.02 Å². The summed E-state index contributed by atoms with van der Waals surface area (Å²) in [7, 11) is 0. The van der Waals surface area contributed by atoms with Crippen LogP contribution < -0.4 is 0 Å². The number of aliphatic imine (C=N–C) groups is 1. The Balaban J connectivity index is 1.62. The van der Waals surface area contributed by atoms with Crippen molar-refractivity contribution in [2.45, 2.75) is 38.1 Å². The van der Waals surface area contributed by atoms with Gasteiger partial charge in [0.15, 0.2) is 5.82 Å². The molecule has 1 N–H and O–H groups in total. The molecule has 1 saturated carbocycles. The van der Waals surface area contributed by atoms with Crippen molar-refractivity contribution in [3.63, 3.8) is 0 Å². The molecule has 6 rings (SSSR count). The highest BCUT2D eigenvalue weighted by Gasteiger charge is 2.38. The Labute approximate surface area is 175 Å². The van der Waals surface area contributed by atoms with Crippen LogP contribution in [0.3, 0.4) is 0 Å². The molecule has 1 aliphatic heterocycles. The molecule has 1 fully saturated rings. The van der Waals surface area contributed by atoms with Gasteiger partial charge in [-0.15, -0.1) is 21.5 Å². The van der Waals surface area contributed by atoms with Gasteiger partial charge in [-0.3, -0.25) is 9.56 Å². The Morgan fingerprint density at radius 2 is 2.07 bits per heavy atom. The molecule has 0 bridgehead atoms. The van der Waals surface area contributed by atoms with Gasteiger partial charge >= 0.3 is 0 Å². The number of halogens is 2. The van der Waals surface area contributed by atoms with E-state index < -0.39 is 0 Å². The third-order valence-corrected chi connectivity index (χ3v) is 7.57. The van der Waals surface area contributed by atoms with E-state index in [1.165, 1.54) is 10.9 Å². The molecular formula is C21H18ClFN4OS. The van der Waals surface area contributed by atoms with Gasteiger partial charge in [-0.1, -0.05) is 17.7 Å². The summed E-state index contributed by atoms with van der Waals surface area (Å²) in [6.45, 7) is 0.480. The quantitative estimate of drug-likeness (QED) is 0.684. The summed E-state index contributed by atoms with van der Waals surface area (Å²) >= 11 is 8.14. The van der Waals surface area contributed by atoms with Crippen molar-refractivity contribution < 1.29 is 9.50 Å². The predicted octanol–water partition coefficient (Wildman–Crippen LogP) is 4.06. The smallest absolute Gasteiger partial charge is 0.160 e. The molecule has 1 unspecified atom stereocenters. The molecule has 5 nitrogen and oxygen atoms in total. The number of fused-ring (bicyclic) bond motifs is 5. The third-order valence-electron chi connectivity index (χ3n) is 6.01. The second kappa shape index (κ2) is 6.45. The highest BCUT2D eigenvalue weighted by molar-refractivity contribution is 7.15. The van der Waals surface area contributed by atoms with Gasteiger partial charge in [0.2, 0.25) is 0 Å². The fraction of sp³-hybridized carbons (Fsp3) is 0.381. The summed E-state index contributed by atoms with van der Waals surface area (Å²) in [6, 6.07) is 4.73. The Morgan fingerprint density at radius 1 is 1.21 bits per heavy atom.